The van der Waals surface area contributed by atoms with Crippen LogP contribution in [0.25, 0.3) is 0 Å². The van der Waals surface area contributed by atoms with Gasteiger partial charge in [0, 0.05) is 12.6 Å². The minimum absolute atomic E-state index is 0.0113. The summed E-state index contributed by atoms with van der Waals surface area (Å²) in [6, 6.07) is 0.258. The van der Waals surface area contributed by atoms with Crippen molar-refractivity contribution in [3.05, 3.63) is 28.7 Å². The number of halogens is 1. The summed E-state index contributed by atoms with van der Waals surface area (Å²) >= 11 is 0. The number of carbonyl (C=O) groups excluding carboxylic acids is 3. The fourth-order valence-corrected chi connectivity index (χ4v) is 2.66. The smallest absolute Gasteiger partial charge is 0.305 e. The highest BCUT2D eigenvalue weighted by molar-refractivity contribution is 5.93. The molecule has 0 aliphatic rings. The SMILES string of the molecule is CCC(=O)Nc1cccn(C(CC(C)C)C(=O)N[C@@H](CC(=O)O)C(=O)CF)c1=O. The van der Waals surface area contributed by atoms with Crippen molar-refractivity contribution in [1.29, 1.82) is 0 Å². The summed E-state index contributed by atoms with van der Waals surface area (Å²) in [7, 11) is 0. The number of carbonyl (C=O) groups is 4. The molecule has 1 unspecified atom stereocenters. The Balaban J connectivity index is 3.26. The van der Waals surface area contributed by atoms with Crippen molar-refractivity contribution in [2.45, 2.75) is 52.1 Å². The molecule has 0 spiro atoms. The highest BCUT2D eigenvalue weighted by Gasteiger charge is 2.29. The van der Waals surface area contributed by atoms with Gasteiger partial charge in [0.25, 0.3) is 5.56 Å². The van der Waals surface area contributed by atoms with Gasteiger partial charge in [-0.3, -0.25) is 24.0 Å². The number of nitrogens with zero attached hydrogens (tertiary/aromatic N) is 1. The zero-order valence-electron chi connectivity index (χ0n) is 16.6. The Morgan fingerprint density at radius 1 is 1.24 bits per heavy atom. The lowest BCUT2D eigenvalue weighted by Gasteiger charge is -2.24. The summed E-state index contributed by atoms with van der Waals surface area (Å²) in [5, 5.41) is 13.6. The molecule has 2 amide bonds. The van der Waals surface area contributed by atoms with Gasteiger partial charge in [-0.25, -0.2) is 4.39 Å². The van der Waals surface area contributed by atoms with Gasteiger partial charge in [0.1, 0.15) is 24.4 Å². The number of alkyl halides is 1. The van der Waals surface area contributed by atoms with Crippen LogP contribution in [0.4, 0.5) is 10.1 Å². The molecule has 10 heteroatoms. The molecule has 9 nitrogen and oxygen atoms in total. The van der Waals surface area contributed by atoms with E-state index in [9.17, 15) is 28.4 Å². The summed E-state index contributed by atoms with van der Waals surface area (Å²) in [4.78, 5) is 59.8. The van der Waals surface area contributed by atoms with Crippen molar-refractivity contribution in [3.63, 3.8) is 0 Å². The van der Waals surface area contributed by atoms with Crippen LogP contribution in [-0.4, -0.2) is 46.0 Å². The van der Waals surface area contributed by atoms with Crippen molar-refractivity contribution >= 4 is 29.3 Å². The standard InChI is InChI=1S/C19H26FN3O6/c1-4-16(25)21-12-6-5-7-23(19(12)29)14(8-11(2)3)18(28)22-13(9-17(26)27)15(24)10-20/h5-7,11,13-14H,4,8-10H2,1-3H3,(H,21,25)(H,22,28)(H,26,27)/t13-,14?/m0/s1. The summed E-state index contributed by atoms with van der Waals surface area (Å²) in [5.41, 5.74) is -0.635. The molecule has 29 heavy (non-hydrogen) atoms. The van der Waals surface area contributed by atoms with E-state index in [1.54, 1.807) is 6.92 Å². The number of ketones is 1. The van der Waals surface area contributed by atoms with Crippen LogP contribution in [-0.2, 0) is 19.2 Å². The van der Waals surface area contributed by atoms with Crippen LogP contribution in [0, 0.1) is 5.92 Å². The third kappa shape index (κ3) is 7.13. The van der Waals surface area contributed by atoms with Crippen LogP contribution >= 0.6 is 0 Å². The molecule has 1 aromatic heterocycles. The molecule has 1 heterocycles. The van der Waals surface area contributed by atoms with Crippen molar-refractivity contribution < 1.29 is 28.7 Å². The number of carboxylic acid groups (broad SMARTS) is 1. The van der Waals surface area contributed by atoms with Gasteiger partial charge in [0.2, 0.25) is 11.8 Å². The number of hydrogen-bond acceptors (Lipinski definition) is 5. The number of anilines is 1. The molecule has 0 aliphatic heterocycles. The van der Waals surface area contributed by atoms with Gasteiger partial charge in [-0.1, -0.05) is 20.8 Å². The van der Waals surface area contributed by atoms with Crippen molar-refractivity contribution in [2.24, 2.45) is 5.92 Å². The predicted octanol–water partition coefficient (Wildman–Crippen LogP) is 1.28. The van der Waals surface area contributed by atoms with Gasteiger partial charge in [-0.15, -0.1) is 0 Å². The van der Waals surface area contributed by atoms with E-state index in [0.29, 0.717) is 0 Å². The molecule has 1 aromatic rings. The maximum atomic E-state index is 12.8. The number of amides is 2. The van der Waals surface area contributed by atoms with E-state index >= 15 is 0 Å². The topological polar surface area (TPSA) is 135 Å². The van der Waals surface area contributed by atoms with Gasteiger partial charge in [0.05, 0.1) is 6.42 Å². The normalized spacial score (nSPS) is 12.9. The van der Waals surface area contributed by atoms with Crippen LogP contribution in [0.5, 0.6) is 0 Å². The molecule has 0 aliphatic carbocycles. The van der Waals surface area contributed by atoms with E-state index in [4.69, 9.17) is 5.11 Å². The monoisotopic (exact) mass is 411 g/mol. The lowest BCUT2D eigenvalue weighted by atomic mass is 10.0. The van der Waals surface area contributed by atoms with Crippen LogP contribution in [0.2, 0.25) is 0 Å². The Labute approximate surface area is 167 Å². The number of rotatable bonds is 11. The van der Waals surface area contributed by atoms with Gasteiger partial charge in [-0.05, 0) is 24.5 Å². The Kier molecular flexibility index (Phi) is 9.17. The Morgan fingerprint density at radius 3 is 2.41 bits per heavy atom. The first-order valence-electron chi connectivity index (χ1n) is 9.22. The van der Waals surface area contributed by atoms with Crippen LogP contribution in [0.15, 0.2) is 23.1 Å². The van der Waals surface area contributed by atoms with E-state index in [0.717, 1.165) is 4.57 Å². The number of aliphatic carboxylic acids is 1. The minimum atomic E-state index is -1.54. The number of pyridine rings is 1. The van der Waals surface area contributed by atoms with Crippen LogP contribution in [0.1, 0.15) is 46.1 Å². The van der Waals surface area contributed by atoms with Gasteiger partial charge in [0.15, 0.2) is 5.78 Å². The van der Waals surface area contributed by atoms with E-state index in [2.05, 4.69) is 10.6 Å². The summed E-state index contributed by atoms with van der Waals surface area (Å²) < 4.78 is 13.9. The number of Topliss-reactive ketones (excluding diaryl/α,β-unsaturated/α-hetero) is 1. The summed E-state index contributed by atoms with van der Waals surface area (Å²) in [5.74, 6) is -3.65. The predicted molar refractivity (Wildman–Crippen MR) is 103 cm³/mol. The van der Waals surface area contributed by atoms with Crippen molar-refractivity contribution in [2.75, 3.05) is 12.0 Å². The number of aromatic nitrogens is 1. The maximum Gasteiger partial charge on any atom is 0.305 e. The second-order valence-corrected chi connectivity index (χ2v) is 6.94. The first-order chi connectivity index (χ1) is 13.6. The zero-order chi connectivity index (χ0) is 22.1. The van der Waals surface area contributed by atoms with Gasteiger partial charge in [-0.2, -0.15) is 0 Å². The molecule has 0 bridgehead atoms. The largest absolute Gasteiger partial charge is 0.481 e. The number of nitrogens with one attached hydrogen (secondary N) is 2. The highest BCUT2D eigenvalue weighted by Crippen LogP contribution is 2.18. The van der Waals surface area contributed by atoms with Gasteiger partial charge >= 0.3 is 5.97 Å². The average molecular weight is 411 g/mol. The van der Waals surface area contributed by atoms with Gasteiger partial charge < -0.3 is 20.3 Å². The first kappa shape index (κ1) is 24.0. The lowest BCUT2D eigenvalue weighted by Crippen LogP contribution is -2.47. The third-order valence-electron chi connectivity index (χ3n) is 4.12. The van der Waals surface area contributed by atoms with Crippen LogP contribution in [0.3, 0.4) is 0 Å². The molecule has 0 saturated carbocycles. The fraction of sp³-hybridized carbons (Fsp3) is 0.526. The number of hydrogen-bond donors (Lipinski definition) is 3. The number of carboxylic acids is 1. The molecule has 1 rings (SSSR count). The molecule has 0 saturated heterocycles. The molecule has 3 N–H and O–H groups in total. The second-order valence-electron chi connectivity index (χ2n) is 6.94. The molecule has 160 valence electrons. The zero-order valence-corrected chi connectivity index (χ0v) is 16.6. The lowest BCUT2D eigenvalue weighted by molar-refractivity contribution is -0.140. The van der Waals surface area contributed by atoms with Crippen molar-refractivity contribution in [3.8, 4) is 0 Å². The molecule has 2 atom stereocenters. The fourth-order valence-electron chi connectivity index (χ4n) is 2.66. The molecule has 0 radical (unpaired) electrons. The van der Waals surface area contributed by atoms with E-state index in [1.165, 1.54) is 18.3 Å². The Morgan fingerprint density at radius 2 is 1.90 bits per heavy atom. The molecular formula is C19H26FN3O6. The van der Waals surface area contributed by atoms with E-state index in [1.807, 2.05) is 13.8 Å². The molecule has 0 aromatic carbocycles. The second kappa shape index (κ2) is 11.1. The summed E-state index contributed by atoms with van der Waals surface area (Å²) in [6.07, 6.45) is 0.942. The Hall–Kier alpha value is -3.04. The minimum Gasteiger partial charge on any atom is -0.481 e. The maximum absolute atomic E-state index is 12.8. The Bertz CT molecular complexity index is 820. The van der Waals surface area contributed by atoms with Crippen molar-refractivity contribution in [1.82, 2.24) is 9.88 Å². The molecule has 0 fully saturated rings. The quantitative estimate of drug-likeness (QED) is 0.502. The average Bonchev–Trinajstić information content (AvgIpc) is 2.66. The molecular weight excluding hydrogens is 385 g/mol. The van der Waals surface area contributed by atoms with Crippen LogP contribution < -0.4 is 16.2 Å². The highest BCUT2D eigenvalue weighted by atomic mass is 19.1. The van der Waals surface area contributed by atoms with E-state index < -0.39 is 48.4 Å². The first-order valence-corrected chi connectivity index (χ1v) is 9.22. The third-order valence-corrected chi connectivity index (χ3v) is 4.12. The summed E-state index contributed by atoms with van der Waals surface area (Å²) in [6.45, 7) is 3.83. The van der Waals surface area contributed by atoms with E-state index in [-0.39, 0.29) is 30.4 Å².